The van der Waals surface area contributed by atoms with Gasteiger partial charge < -0.3 is 5.73 Å². The van der Waals surface area contributed by atoms with Crippen molar-refractivity contribution in [3.63, 3.8) is 0 Å². The number of rotatable bonds is 8. The van der Waals surface area contributed by atoms with E-state index in [0.717, 1.165) is 30.0 Å². The van der Waals surface area contributed by atoms with Crippen LogP contribution in [0.2, 0.25) is 0 Å². The van der Waals surface area contributed by atoms with Crippen LogP contribution in [0.3, 0.4) is 0 Å². The number of Topliss-reactive ketones (excluding diaryl/α,β-unsaturated/α-hetero) is 1. The van der Waals surface area contributed by atoms with Crippen LogP contribution in [0, 0.1) is 0 Å². The van der Waals surface area contributed by atoms with Crippen LogP contribution < -0.4 is 5.73 Å². The minimum absolute atomic E-state index is 0.0179. The predicted octanol–water partition coefficient (Wildman–Crippen LogP) is 2.63. The lowest BCUT2D eigenvalue weighted by Crippen LogP contribution is -2.10. The normalized spacial score (nSPS) is 11.2. The SMILES string of the molecule is CCC(CC)n1ccc(CC(=O)c2csc(CCN)n2)n1. The van der Waals surface area contributed by atoms with Gasteiger partial charge in [-0.25, -0.2) is 4.98 Å². The van der Waals surface area contributed by atoms with Gasteiger partial charge in [0.05, 0.1) is 23.2 Å². The van der Waals surface area contributed by atoms with Crippen LogP contribution in [0.1, 0.15) is 53.9 Å². The molecule has 0 unspecified atom stereocenters. The third-order valence-electron chi connectivity index (χ3n) is 3.52. The topological polar surface area (TPSA) is 73.8 Å². The lowest BCUT2D eigenvalue weighted by atomic mass is 10.2. The molecule has 114 valence electrons. The first-order valence-electron chi connectivity index (χ1n) is 7.39. The molecule has 0 aromatic carbocycles. The summed E-state index contributed by atoms with van der Waals surface area (Å²) in [5, 5.41) is 7.24. The zero-order valence-electron chi connectivity index (χ0n) is 12.6. The first-order valence-corrected chi connectivity index (χ1v) is 8.27. The Morgan fingerprint density at radius 1 is 1.43 bits per heavy atom. The summed E-state index contributed by atoms with van der Waals surface area (Å²) < 4.78 is 1.96. The van der Waals surface area contributed by atoms with E-state index in [9.17, 15) is 4.79 Å². The monoisotopic (exact) mass is 306 g/mol. The second-order valence-electron chi connectivity index (χ2n) is 5.02. The smallest absolute Gasteiger partial charge is 0.188 e. The number of aromatic nitrogens is 3. The van der Waals surface area contributed by atoms with Crippen LogP contribution in [0.25, 0.3) is 0 Å². The predicted molar refractivity (Wildman–Crippen MR) is 84.8 cm³/mol. The fourth-order valence-corrected chi connectivity index (χ4v) is 3.09. The summed E-state index contributed by atoms with van der Waals surface area (Å²) in [5.41, 5.74) is 6.83. The fourth-order valence-electron chi connectivity index (χ4n) is 2.27. The maximum Gasteiger partial charge on any atom is 0.188 e. The van der Waals surface area contributed by atoms with Gasteiger partial charge in [0.15, 0.2) is 5.78 Å². The van der Waals surface area contributed by atoms with Crippen molar-refractivity contribution in [3.05, 3.63) is 34.0 Å². The molecule has 0 atom stereocenters. The number of hydrogen-bond acceptors (Lipinski definition) is 5. The van der Waals surface area contributed by atoms with E-state index in [2.05, 4.69) is 23.9 Å². The van der Waals surface area contributed by atoms with Crippen molar-refractivity contribution in [1.82, 2.24) is 14.8 Å². The van der Waals surface area contributed by atoms with Crippen molar-refractivity contribution in [3.8, 4) is 0 Å². The zero-order chi connectivity index (χ0) is 15.2. The Hall–Kier alpha value is -1.53. The second-order valence-corrected chi connectivity index (χ2v) is 5.97. The first kappa shape index (κ1) is 15.9. The van der Waals surface area contributed by atoms with Gasteiger partial charge in [-0.15, -0.1) is 11.3 Å². The molecule has 0 amide bonds. The quantitative estimate of drug-likeness (QED) is 0.761. The van der Waals surface area contributed by atoms with Crippen molar-refractivity contribution in [1.29, 1.82) is 0 Å². The Labute approximate surface area is 129 Å². The average molecular weight is 306 g/mol. The fraction of sp³-hybridized carbons (Fsp3) is 0.533. The first-order chi connectivity index (χ1) is 10.2. The molecule has 6 heteroatoms. The zero-order valence-corrected chi connectivity index (χ0v) is 13.4. The highest BCUT2D eigenvalue weighted by molar-refractivity contribution is 7.09. The van der Waals surface area contributed by atoms with E-state index in [-0.39, 0.29) is 5.78 Å². The van der Waals surface area contributed by atoms with E-state index in [1.807, 2.05) is 22.3 Å². The molecule has 0 aliphatic rings. The molecule has 21 heavy (non-hydrogen) atoms. The lowest BCUT2D eigenvalue weighted by Gasteiger charge is -2.12. The number of nitrogens with zero attached hydrogens (tertiary/aromatic N) is 3. The summed E-state index contributed by atoms with van der Waals surface area (Å²) in [5.74, 6) is 0.0179. The summed E-state index contributed by atoms with van der Waals surface area (Å²) in [6.07, 6.45) is 5.07. The van der Waals surface area contributed by atoms with Crippen LogP contribution >= 0.6 is 11.3 Å². The summed E-state index contributed by atoms with van der Waals surface area (Å²) in [7, 11) is 0. The number of ketones is 1. The highest BCUT2D eigenvalue weighted by atomic mass is 32.1. The van der Waals surface area contributed by atoms with Gasteiger partial charge in [0.2, 0.25) is 0 Å². The summed E-state index contributed by atoms with van der Waals surface area (Å²) in [6.45, 7) is 4.85. The Kier molecular flexibility index (Phi) is 5.64. The highest BCUT2D eigenvalue weighted by Crippen LogP contribution is 2.16. The van der Waals surface area contributed by atoms with Crippen LogP contribution in [0.5, 0.6) is 0 Å². The van der Waals surface area contributed by atoms with Gasteiger partial charge in [0.1, 0.15) is 5.69 Å². The molecule has 0 fully saturated rings. The maximum atomic E-state index is 12.2. The molecular weight excluding hydrogens is 284 g/mol. The van der Waals surface area contributed by atoms with Gasteiger partial charge >= 0.3 is 0 Å². The standard InChI is InChI=1S/C15H22N4OS/c1-3-12(4-2)19-8-6-11(18-19)9-14(20)13-10-21-15(17-13)5-7-16/h6,8,10,12H,3-5,7,9,16H2,1-2H3. The Balaban J connectivity index is 2.02. The van der Waals surface area contributed by atoms with E-state index < -0.39 is 0 Å². The van der Waals surface area contributed by atoms with Gasteiger partial charge in [-0.2, -0.15) is 5.10 Å². The van der Waals surface area contributed by atoms with Gasteiger partial charge in [-0.05, 0) is 25.5 Å². The Morgan fingerprint density at radius 3 is 2.86 bits per heavy atom. The molecule has 2 rings (SSSR count). The average Bonchev–Trinajstić information content (AvgIpc) is 3.11. The van der Waals surface area contributed by atoms with E-state index in [4.69, 9.17) is 5.73 Å². The Bertz CT molecular complexity index is 586. The van der Waals surface area contributed by atoms with Crippen molar-refractivity contribution in [2.75, 3.05) is 6.54 Å². The van der Waals surface area contributed by atoms with E-state index in [0.29, 0.717) is 24.7 Å². The molecule has 0 aliphatic carbocycles. The Morgan fingerprint density at radius 2 is 2.19 bits per heavy atom. The van der Waals surface area contributed by atoms with Crippen molar-refractivity contribution in [2.24, 2.45) is 5.73 Å². The largest absolute Gasteiger partial charge is 0.330 e. The van der Waals surface area contributed by atoms with Crippen LogP contribution in [0.4, 0.5) is 0 Å². The minimum Gasteiger partial charge on any atom is -0.330 e. The molecule has 0 aliphatic heterocycles. The number of thiazole rings is 1. The minimum atomic E-state index is 0.0179. The molecule has 2 aromatic rings. The number of nitrogens with two attached hydrogens (primary N) is 1. The summed E-state index contributed by atoms with van der Waals surface area (Å²) in [6, 6.07) is 2.33. The van der Waals surface area contributed by atoms with E-state index in [1.54, 1.807) is 0 Å². The number of carbonyl (C=O) groups is 1. The molecule has 2 heterocycles. The van der Waals surface area contributed by atoms with E-state index >= 15 is 0 Å². The second kappa shape index (κ2) is 7.47. The molecule has 5 nitrogen and oxygen atoms in total. The van der Waals surface area contributed by atoms with Crippen LogP contribution in [-0.2, 0) is 12.8 Å². The van der Waals surface area contributed by atoms with E-state index in [1.165, 1.54) is 11.3 Å². The van der Waals surface area contributed by atoms with Gasteiger partial charge in [-0.3, -0.25) is 9.48 Å². The molecule has 0 saturated heterocycles. The molecule has 0 radical (unpaired) electrons. The lowest BCUT2D eigenvalue weighted by molar-refractivity contribution is 0.0987. The molecule has 0 saturated carbocycles. The third kappa shape index (κ3) is 3.98. The summed E-state index contributed by atoms with van der Waals surface area (Å²) >= 11 is 1.49. The summed E-state index contributed by atoms with van der Waals surface area (Å²) in [4.78, 5) is 16.5. The van der Waals surface area contributed by atoms with Crippen molar-refractivity contribution < 1.29 is 4.79 Å². The maximum absolute atomic E-state index is 12.2. The third-order valence-corrected chi connectivity index (χ3v) is 4.43. The molecule has 2 N–H and O–H groups in total. The number of hydrogen-bond donors (Lipinski definition) is 1. The van der Waals surface area contributed by atoms with Crippen LogP contribution in [-0.4, -0.2) is 27.1 Å². The molecule has 0 spiro atoms. The molecule has 0 bridgehead atoms. The number of carbonyl (C=O) groups excluding carboxylic acids is 1. The molecule has 2 aromatic heterocycles. The highest BCUT2D eigenvalue weighted by Gasteiger charge is 2.14. The van der Waals surface area contributed by atoms with Crippen LogP contribution in [0.15, 0.2) is 17.6 Å². The van der Waals surface area contributed by atoms with Gasteiger partial charge in [0.25, 0.3) is 0 Å². The van der Waals surface area contributed by atoms with Gasteiger partial charge in [0, 0.05) is 18.0 Å². The van der Waals surface area contributed by atoms with Crippen molar-refractivity contribution >= 4 is 17.1 Å². The van der Waals surface area contributed by atoms with Gasteiger partial charge in [-0.1, -0.05) is 13.8 Å². The molecular formula is C15H22N4OS. The van der Waals surface area contributed by atoms with Crippen molar-refractivity contribution in [2.45, 2.75) is 45.6 Å².